The molecule has 7 heteroatoms. The van der Waals surface area contributed by atoms with E-state index >= 15 is 0 Å². The van der Waals surface area contributed by atoms with E-state index in [0.717, 1.165) is 24.1 Å². The van der Waals surface area contributed by atoms with Crippen molar-refractivity contribution in [3.63, 3.8) is 0 Å². The molecule has 0 aromatic heterocycles. The van der Waals surface area contributed by atoms with E-state index in [0.29, 0.717) is 31.7 Å². The molecule has 29 heavy (non-hydrogen) atoms. The van der Waals surface area contributed by atoms with Crippen LogP contribution in [0, 0.1) is 12.8 Å². The number of hydrogen-bond donors (Lipinski definition) is 3. The lowest BCUT2D eigenvalue weighted by Gasteiger charge is -2.56. The number of phenolic OH excluding ortho intramolecular Hbond substituents is 1. The van der Waals surface area contributed by atoms with Gasteiger partial charge in [-0.3, -0.25) is 14.6 Å². The van der Waals surface area contributed by atoms with Gasteiger partial charge in [-0.15, -0.1) is 0 Å². The summed E-state index contributed by atoms with van der Waals surface area (Å²) < 4.78 is 0. The Hall–Kier alpha value is -2.12. The third-order valence-corrected chi connectivity index (χ3v) is 8.21. The fraction of sp³-hybridized carbons (Fsp3) is 0.636. The number of amides is 3. The number of nitrogens with zero attached hydrogens (tertiary/aromatic N) is 2. The third-order valence-electron chi connectivity index (χ3n) is 8.21. The molecule has 5 rings (SSSR count). The molecule has 2 aliphatic carbocycles. The molecule has 1 spiro atoms. The predicted molar refractivity (Wildman–Crippen MR) is 106 cm³/mol. The molecule has 3 amide bonds. The Labute approximate surface area is 170 Å². The van der Waals surface area contributed by atoms with Crippen molar-refractivity contribution < 1.29 is 19.8 Å². The van der Waals surface area contributed by atoms with E-state index in [1.165, 1.54) is 4.90 Å². The first-order valence-electron chi connectivity index (χ1n) is 10.5. The van der Waals surface area contributed by atoms with E-state index in [4.69, 9.17) is 0 Å². The maximum atomic E-state index is 13.3. The topological polar surface area (TPSA) is 93.1 Å². The van der Waals surface area contributed by atoms with Crippen molar-refractivity contribution in [1.29, 1.82) is 0 Å². The minimum absolute atomic E-state index is 0.0380. The van der Waals surface area contributed by atoms with Gasteiger partial charge in [0.25, 0.3) is 5.91 Å². The van der Waals surface area contributed by atoms with Gasteiger partial charge in [-0.2, -0.15) is 0 Å². The van der Waals surface area contributed by atoms with Crippen LogP contribution >= 0.6 is 0 Å². The Morgan fingerprint density at radius 3 is 2.69 bits per heavy atom. The van der Waals surface area contributed by atoms with Gasteiger partial charge in [0.15, 0.2) is 0 Å². The van der Waals surface area contributed by atoms with Crippen LogP contribution < -0.4 is 5.32 Å². The lowest BCUT2D eigenvalue weighted by Crippen LogP contribution is -2.69. The van der Waals surface area contributed by atoms with Crippen molar-refractivity contribution in [2.24, 2.45) is 5.92 Å². The van der Waals surface area contributed by atoms with Crippen LogP contribution in [-0.2, 0) is 10.2 Å². The number of aryl methyl sites for hydroxylation is 1. The molecule has 2 aliphatic heterocycles. The van der Waals surface area contributed by atoms with Gasteiger partial charge in [0.05, 0.1) is 5.60 Å². The number of urea groups is 1. The average molecular weight is 399 g/mol. The Morgan fingerprint density at radius 1 is 1.28 bits per heavy atom. The standard InChI is InChI=1S/C22H29N3O4/c1-4-25-18(27)21(23-19(25)28)7-8-22(29)17-14(11-24(17)3)10-20(22,12-21)16-9-15(26)6-5-13(16)2/h5-6,9,14,17,26,29H,4,7-8,10-12H2,1-3H3,(H,23,28)/t14?,17-,20-,21+,22-/m1/s1. The highest BCUT2D eigenvalue weighted by molar-refractivity contribution is 6.07. The molecule has 3 N–H and O–H groups in total. The van der Waals surface area contributed by atoms with E-state index < -0.39 is 16.6 Å². The number of aliphatic hydroxyl groups is 1. The highest BCUT2D eigenvalue weighted by Gasteiger charge is 2.73. The summed E-state index contributed by atoms with van der Waals surface area (Å²) >= 11 is 0. The van der Waals surface area contributed by atoms with Crippen LogP contribution in [0.3, 0.4) is 0 Å². The average Bonchev–Trinajstić information content (AvgIpc) is 3.01. The summed E-state index contributed by atoms with van der Waals surface area (Å²) in [6.45, 7) is 5.04. The number of fused-ring (bicyclic) bond motifs is 3. The van der Waals surface area contributed by atoms with Crippen LogP contribution in [0.1, 0.15) is 43.7 Å². The van der Waals surface area contributed by atoms with Gasteiger partial charge in [0.1, 0.15) is 11.3 Å². The molecule has 2 heterocycles. The minimum atomic E-state index is -1.00. The number of rotatable bonds is 2. The smallest absolute Gasteiger partial charge is 0.325 e. The molecule has 4 aliphatic rings. The zero-order valence-electron chi connectivity index (χ0n) is 17.2. The molecular weight excluding hydrogens is 370 g/mol. The number of imide groups is 1. The first-order valence-corrected chi connectivity index (χ1v) is 10.5. The van der Waals surface area contributed by atoms with E-state index in [2.05, 4.69) is 10.2 Å². The quantitative estimate of drug-likeness (QED) is 0.656. The third kappa shape index (κ3) is 2.15. The number of benzene rings is 1. The molecule has 5 atom stereocenters. The Balaban J connectivity index is 1.68. The summed E-state index contributed by atoms with van der Waals surface area (Å²) in [7, 11) is 2.04. The summed E-state index contributed by atoms with van der Waals surface area (Å²) in [6, 6.07) is 4.98. The second-order valence-electron chi connectivity index (χ2n) is 9.59. The van der Waals surface area contributed by atoms with Crippen molar-refractivity contribution in [2.45, 2.75) is 62.1 Å². The molecule has 2 saturated heterocycles. The van der Waals surface area contributed by atoms with Gasteiger partial charge in [-0.05, 0) is 75.8 Å². The first-order chi connectivity index (χ1) is 13.7. The second-order valence-corrected chi connectivity index (χ2v) is 9.59. The number of carbonyl (C=O) groups excluding carboxylic acids is 2. The number of carbonyl (C=O) groups is 2. The summed E-state index contributed by atoms with van der Waals surface area (Å²) in [6.07, 6.45) is 1.99. The van der Waals surface area contributed by atoms with Crippen LogP contribution in [0.15, 0.2) is 18.2 Å². The molecule has 1 aromatic rings. The summed E-state index contributed by atoms with van der Waals surface area (Å²) in [5, 5.41) is 25.4. The Kier molecular flexibility index (Phi) is 3.73. The molecule has 0 radical (unpaired) electrons. The Morgan fingerprint density at radius 2 is 2.03 bits per heavy atom. The number of aromatic hydroxyl groups is 1. The number of phenols is 1. The van der Waals surface area contributed by atoms with E-state index in [-0.39, 0.29) is 23.7 Å². The molecule has 2 saturated carbocycles. The summed E-state index contributed by atoms with van der Waals surface area (Å²) in [5.74, 6) is 0.319. The lowest BCUT2D eigenvalue weighted by molar-refractivity contribution is -0.148. The molecule has 4 fully saturated rings. The summed E-state index contributed by atoms with van der Waals surface area (Å²) in [4.78, 5) is 29.3. The van der Waals surface area contributed by atoms with Crippen molar-refractivity contribution in [2.75, 3.05) is 20.1 Å². The van der Waals surface area contributed by atoms with Gasteiger partial charge in [-0.25, -0.2) is 4.79 Å². The zero-order valence-corrected chi connectivity index (χ0v) is 17.2. The molecule has 1 aromatic carbocycles. The van der Waals surface area contributed by atoms with Crippen molar-refractivity contribution in [3.8, 4) is 5.75 Å². The fourth-order valence-electron chi connectivity index (χ4n) is 7.08. The predicted octanol–water partition coefficient (Wildman–Crippen LogP) is 1.50. The number of nitrogens with one attached hydrogen (secondary N) is 1. The second kappa shape index (κ2) is 5.73. The normalized spacial score (nSPS) is 41.3. The highest BCUT2D eigenvalue weighted by atomic mass is 16.3. The van der Waals surface area contributed by atoms with Gasteiger partial charge in [0, 0.05) is 24.5 Å². The van der Waals surface area contributed by atoms with Gasteiger partial charge in [-0.1, -0.05) is 6.07 Å². The molecule has 0 bridgehead atoms. The maximum absolute atomic E-state index is 13.3. The Bertz CT molecular complexity index is 919. The van der Waals surface area contributed by atoms with Crippen LogP contribution in [-0.4, -0.2) is 69.3 Å². The number of likely N-dealkylation sites (N-methyl/N-ethyl adjacent to an activating group) is 2. The monoisotopic (exact) mass is 399 g/mol. The van der Waals surface area contributed by atoms with Crippen molar-refractivity contribution >= 4 is 11.9 Å². The first kappa shape index (κ1) is 18.9. The molecule has 1 unspecified atom stereocenters. The largest absolute Gasteiger partial charge is 0.508 e. The van der Waals surface area contributed by atoms with Crippen LogP contribution in [0.5, 0.6) is 5.75 Å². The molecular formula is C22H29N3O4. The van der Waals surface area contributed by atoms with Crippen LogP contribution in [0.2, 0.25) is 0 Å². The van der Waals surface area contributed by atoms with E-state index in [1.54, 1.807) is 19.1 Å². The van der Waals surface area contributed by atoms with Gasteiger partial charge < -0.3 is 15.5 Å². The van der Waals surface area contributed by atoms with Crippen molar-refractivity contribution in [1.82, 2.24) is 15.1 Å². The zero-order chi connectivity index (χ0) is 20.8. The van der Waals surface area contributed by atoms with E-state index in [1.807, 2.05) is 20.0 Å². The fourth-order valence-corrected chi connectivity index (χ4v) is 7.08. The number of hydrogen-bond acceptors (Lipinski definition) is 5. The van der Waals surface area contributed by atoms with Crippen molar-refractivity contribution in [3.05, 3.63) is 29.3 Å². The minimum Gasteiger partial charge on any atom is -0.508 e. The maximum Gasteiger partial charge on any atom is 0.325 e. The van der Waals surface area contributed by atoms with Gasteiger partial charge in [0.2, 0.25) is 0 Å². The van der Waals surface area contributed by atoms with Crippen LogP contribution in [0.4, 0.5) is 4.79 Å². The highest BCUT2D eigenvalue weighted by Crippen LogP contribution is 2.65. The number of likely N-dealkylation sites (tertiary alicyclic amines) is 1. The van der Waals surface area contributed by atoms with Gasteiger partial charge >= 0.3 is 6.03 Å². The SMILES string of the molecule is CCN1C(=O)N[C@]2(CC[C@@]3(O)[C@H]4C(CN4C)C[C@]3(c3cc(O)ccc3C)C2)C1=O. The molecule has 156 valence electrons. The van der Waals surface area contributed by atoms with E-state index in [9.17, 15) is 19.8 Å². The molecule has 7 nitrogen and oxygen atoms in total. The van der Waals surface area contributed by atoms with Crippen LogP contribution in [0.25, 0.3) is 0 Å². The summed E-state index contributed by atoms with van der Waals surface area (Å²) in [5.41, 5.74) is -0.787. The lowest BCUT2D eigenvalue weighted by atomic mass is 9.55.